The Labute approximate surface area is 76.2 Å². The summed E-state index contributed by atoms with van der Waals surface area (Å²) in [6.07, 6.45) is 5.96. The Hall–Kier alpha value is -0.0400. The molecule has 0 radical (unpaired) electrons. The summed E-state index contributed by atoms with van der Waals surface area (Å²) in [6, 6.07) is 0. The second-order valence-corrected chi connectivity index (χ2v) is 4.62. The van der Waals surface area contributed by atoms with Gasteiger partial charge in [0.1, 0.15) is 0 Å². The molecule has 3 atom stereocenters. The van der Waals surface area contributed by atoms with Gasteiger partial charge in [0.15, 0.2) is 0 Å². The average molecular weight is 170 g/mol. The summed E-state index contributed by atoms with van der Waals surface area (Å²) in [6.45, 7) is 6.52. The molecule has 0 amide bonds. The van der Waals surface area contributed by atoms with Gasteiger partial charge in [0.25, 0.3) is 0 Å². The molecule has 0 aliphatic heterocycles. The van der Waals surface area contributed by atoms with Crippen LogP contribution in [-0.2, 0) is 0 Å². The number of rotatable bonds is 3. The van der Waals surface area contributed by atoms with E-state index in [0.717, 1.165) is 6.42 Å². The molecular formula is C11H22O. The van der Waals surface area contributed by atoms with Crippen LogP contribution >= 0.6 is 0 Å². The zero-order valence-corrected chi connectivity index (χ0v) is 8.64. The van der Waals surface area contributed by atoms with Gasteiger partial charge in [-0.25, -0.2) is 0 Å². The second-order valence-electron chi connectivity index (χ2n) is 4.62. The van der Waals surface area contributed by atoms with Crippen LogP contribution in [0.4, 0.5) is 0 Å². The average Bonchev–Trinajstić information content (AvgIpc) is 2.30. The minimum Gasteiger partial charge on any atom is -0.390 e. The SMILES string of the molecule is CCCC(C)C1CCCC1(C)O. The number of hydrogen-bond donors (Lipinski definition) is 1. The highest BCUT2D eigenvalue weighted by Gasteiger charge is 2.39. The van der Waals surface area contributed by atoms with Crippen molar-refractivity contribution in [1.29, 1.82) is 0 Å². The maximum Gasteiger partial charge on any atom is 0.0650 e. The molecule has 1 nitrogen and oxygen atoms in total. The first-order valence-corrected chi connectivity index (χ1v) is 5.30. The zero-order valence-electron chi connectivity index (χ0n) is 8.64. The largest absolute Gasteiger partial charge is 0.390 e. The van der Waals surface area contributed by atoms with Gasteiger partial charge in [-0.1, -0.05) is 33.1 Å². The van der Waals surface area contributed by atoms with Crippen molar-refractivity contribution in [3.63, 3.8) is 0 Å². The smallest absolute Gasteiger partial charge is 0.0650 e. The third kappa shape index (κ3) is 2.01. The van der Waals surface area contributed by atoms with Gasteiger partial charge in [0.2, 0.25) is 0 Å². The van der Waals surface area contributed by atoms with Crippen LogP contribution in [-0.4, -0.2) is 10.7 Å². The monoisotopic (exact) mass is 170 g/mol. The van der Waals surface area contributed by atoms with E-state index < -0.39 is 0 Å². The van der Waals surface area contributed by atoms with Crippen LogP contribution in [0.15, 0.2) is 0 Å². The minimum atomic E-state index is -0.366. The lowest BCUT2D eigenvalue weighted by Gasteiger charge is -2.30. The summed E-state index contributed by atoms with van der Waals surface area (Å²) in [4.78, 5) is 0. The van der Waals surface area contributed by atoms with Crippen LogP contribution in [0.25, 0.3) is 0 Å². The van der Waals surface area contributed by atoms with Gasteiger partial charge in [-0.05, 0) is 31.6 Å². The van der Waals surface area contributed by atoms with Crippen molar-refractivity contribution in [3.8, 4) is 0 Å². The van der Waals surface area contributed by atoms with Crippen LogP contribution in [0, 0.1) is 11.8 Å². The highest BCUT2D eigenvalue weighted by atomic mass is 16.3. The molecule has 0 bridgehead atoms. The molecule has 1 N–H and O–H groups in total. The van der Waals surface area contributed by atoms with Crippen molar-refractivity contribution in [3.05, 3.63) is 0 Å². The standard InChI is InChI=1S/C11H22O/c1-4-6-9(2)10-7-5-8-11(10,3)12/h9-10,12H,4-8H2,1-3H3. The van der Waals surface area contributed by atoms with E-state index in [0.29, 0.717) is 11.8 Å². The van der Waals surface area contributed by atoms with Crippen LogP contribution in [0.1, 0.15) is 52.9 Å². The van der Waals surface area contributed by atoms with Crippen LogP contribution in [0.2, 0.25) is 0 Å². The fourth-order valence-electron chi connectivity index (χ4n) is 2.73. The fraction of sp³-hybridized carbons (Fsp3) is 1.00. The Balaban J connectivity index is 2.50. The quantitative estimate of drug-likeness (QED) is 0.690. The molecule has 0 aromatic heterocycles. The van der Waals surface area contributed by atoms with Gasteiger partial charge in [-0.15, -0.1) is 0 Å². The van der Waals surface area contributed by atoms with Gasteiger partial charge in [-0.2, -0.15) is 0 Å². The van der Waals surface area contributed by atoms with Crippen molar-refractivity contribution in [1.82, 2.24) is 0 Å². The summed E-state index contributed by atoms with van der Waals surface area (Å²) in [5.74, 6) is 1.25. The molecule has 0 aromatic carbocycles. The first-order chi connectivity index (χ1) is 5.58. The Bertz CT molecular complexity index is 140. The molecule has 0 saturated heterocycles. The summed E-state index contributed by atoms with van der Waals surface area (Å²) < 4.78 is 0. The first kappa shape index (κ1) is 10.0. The number of hydrogen-bond acceptors (Lipinski definition) is 1. The summed E-state index contributed by atoms with van der Waals surface area (Å²) in [5, 5.41) is 10.1. The van der Waals surface area contributed by atoms with E-state index in [1.807, 2.05) is 6.92 Å². The lowest BCUT2D eigenvalue weighted by Crippen LogP contribution is -2.33. The van der Waals surface area contributed by atoms with E-state index in [2.05, 4.69) is 13.8 Å². The van der Waals surface area contributed by atoms with Crippen LogP contribution in [0.3, 0.4) is 0 Å². The molecule has 1 heteroatoms. The summed E-state index contributed by atoms with van der Waals surface area (Å²) in [5.41, 5.74) is -0.366. The predicted molar refractivity (Wildman–Crippen MR) is 52.0 cm³/mol. The van der Waals surface area contributed by atoms with Crippen LogP contribution < -0.4 is 0 Å². The molecule has 12 heavy (non-hydrogen) atoms. The lowest BCUT2D eigenvalue weighted by molar-refractivity contribution is -0.00195. The highest BCUT2D eigenvalue weighted by Crippen LogP contribution is 2.41. The molecule has 1 fully saturated rings. The minimum absolute atomic E-state index is 0.366. The Morgan fingerprint density at radius 1 is 1.58 bits per heavy atom. The van der Waals surface area contributed by atoms with Crippen molar-refractivity contribution < 1.29 is 5.11 Å². The van der Waals surface area contributed by atoms with Gasteiger partial charge in [0.05, 0.1) is 5.60 Å². The van der Waals surface area contributed by atoms with Crippen LogP contribution in [0.5, 0.6) is 0 Å². The molecule has 0 spiro atoms. The van der Waals surface area contributed by atoms with E-state index in [4.69, 9.17) is 0 Å². The normalized spacial score (nSPS) is 38.5. The van der Waals surface area contributed by atoms with Gasteiger partial charge < -0.3 is 5.11 Å². The van der Waals surface area contributed by atoms with E-state index in [-0.39, 0.29) is 5.60 Å². The van der Waals surface area contributed by atoms with Crippen molar-refractivity contribution in [2.45, 2.75) is 58.5 Å². The molecule has 0 aromatic rings. The van der Waals surface area contributed by atoms with E-state index in [9.17, 15) is 5.11 Å². The van der Waals surface area contributed by atoms with E-state index >= 15 is 0 Å². The van der Waals surface area contributed by atoms with Crippen molar-refractivity contribution >= 4 is 0 Å². The maximum atomic E-state index is 10.1. The van der Waals surface area contributed by atoms with Gasteiger partial charge in [0, 0.05) is 0 Å². The molecule has 1 rings (SSSR count). The molecule has 3 unspecified atom stereocenters. The molecule has 1 saturated carbocycles. The molecule has 1 aliphatic carbocycles. The Morgan fingerprint density at radius 2 is 2.25 bits per heavy atom. The topological polar surface area (TPSA) is 20.2 Å². The van der Waals surface area contributed by atoms with E-state index in [1.54, 1.807) is 0 Å². The third-order valence-electron chi connectivity index (χ3n) is 3.43. The van der Waals surface area contributed by atoms with Gasteiger partial charge in [-0.3, -0.25) is 0 Å². The highest BCUT2D eigenvalue weighted by molar-refractivity contribution is 4.90. The molecule has 0 heterocycles. The Morgan fingerprint density at radius 3 is 2.67 bits per heavy atom. The molecule has 1 aliphatic rings. The molecule has 72 valence electrons. The van der Waals surface area contributed by atoms with Crippen molar-refractivity contribution in [2.24, 2.45) is 11.8 Å². The lowest BCUT2D eigenvalue weighted by atomic mass is 9.80. The number of aliphatic hydroxyl groups is 1. The zero-order chi connectivity index (χ0) is 9.19. The summed E-state index contributed by atoms with van der Waals surface area (Å²) >= 11 is 0. The third-order valence-corrected chi connectivity index (χ3v) is 3.43. The maximum absolute atomic E-state index is 10.1. The second kappa shape index (κ2) is 3.78. The van der Waals surface area contributed by atoms with Gasteiger partial charge >= 0.3 is 0 Å². The predicted octanol–water partition coefficient (Wildman–Crippen LogP) is 2.97. The summed E-state index contributed by atoms with van der Waals surface area (Å²) in [7, 11) is 0. The van der Waals surface area contributed by atoms with Crippen molar-refractivity contribution in [2.75, 3.05) is 0 Å². The Kier molecular flexibility index (Phi) is 3.16. The molecular weight excluding hydrogens is 148 g/mol. The first-order valence-electron chi connectivity index (χ1n) is 5.30. The van der Waals surface area contributed by atoms with E-state index in [1.165, 1.54) is 25.7 Å². The fourth-order valence-corrected chi connectivity index (χ4v) is 2.73.